The number of halogens is 1. The van der Waals surface area contributed by atoms with Crippen LogP contribution in [0, 0.1) is 6.92 Å². The summed E-state index contributed by atoms with van der Waals surface area (Å²) < 4.78 is 5.33. The first-order valence-corrected chi connectivity index (χ1v) is 8.30. The third-order valence-electron chi connectivity index (χ3n) is 4.25. The largest absolute Gasteiger partial charge is 0.334 e. The first-order valence-electron chi connectivity index (χ1n) is 7.92. The van der Waals surface area contributed by atoms with E-state index in [2.05, 4.69) is 15.1 Å². The van der Waals surface area contributed by atoms with Crippen LogP contribution in [0.1, 0.15) is 23.7 Å². The Morgan fingerprint density at radius 1 is 1.24 bits per heavy atom. The molecule has 1 atom stereocenters. The zero-order chi connectivity index (χ0) is 17.4. The molecule has 6 nitrogen and oxygen atoms in total. The van der Waals surface area contributed by atoms with E-state index in [-0.39, 0.29) is 11.8 Å². The SMILES string of the molecule is Cc1ccc(N2CC(c3noc(-c4ccncc4)n3)CC2=O)c(Cl)c1. The van der Waals surface area contributed by atoms with Crippen molar-refractivity contribution in [2.75, 3.05) is 11.4 Å². The van der Waals surface area contributed by atoms with Gasteiger partial charge in [-0.25, -0.2) is 0 Å². The van der Waals surface area contributed by atoms with Crippen molar-refractivity contribution in [2.24, 2.45) is 0 Å². The molecule has 7 heteroatoms. The lowest BCUT2D eigenvalue weighted by Gasteiger charge is -2.18. The number of carbonyl (C=O) groups is 1. The van der Waals surface area contributed by atoms with E-state index in [0.717, 1.165) is 16.8 Å². The van der Waals surface area contributed by atoms with Crippen LogP contribution in [-0.2, 0) is 4.79 Å². The first-order chi connectivity index (χ1) is 12.1. The number of pyridine rings is 1. The minimum absolute atomic E-state index is 0.00557. The Bertz CT molecular complexity index is 926. The van der Waals surface area contributed by atoms with Crippen LogP contribution in [0.3, 0.4) is 0 Å². The van der Waals surface area contributed by atoms with Gasteiger partial charge < -0.3 is 9.42 Å². The molecule has 1 aliphatic rings. The van der Waals surface area contributed by atoms with E-state index in [4.69, 9.17) is 16.1 Å². The molecular weight excluding hydrogens is 340 g/mol. The van der Waals surface area contributed by atoms with E-state index in [1.807, 2.05) is 25.1 Å². The number of amides is 1. The average molecular weight is 355 g/mol. The second-order valence-corrected chi connectivity index (χ2v) is 6.46. The molecule has 0 spiro atoms. The van der Waals surface area contributed by atoms with Crippen LogP contribution in [-0.4, -0.2) is 27.6 Å². The highest BCUT2D eigenvalue weighted by Gasteiger charge is 2.35. The highest BCUT2D eigenvalue weighted by Crippen LogP contribution is 2.35. The molecule has 4 rings (SSSR count). The third kappa shape index (κ3) is 3.00. The Morgan fingerprint density at radius 2 is 2.04 bits per heavy atom. The molecule has 25 heavy (non-hydrogen) atoms. The van der Waals surface area contributed by atoms with Crippen molar-refractivity contribution >= 4 is 23.2 Å². The maximum atomic E-state index is 12.4. The van der Waals surface area contributed by atoms with Gasteiger partial charge in [0.2, 0.25) is 5.91 Å². The molecule has 1 aliphatic heterocycles. The Labute approximate surface area is 149 Å². The zero-order valence-electron chi connectivity index (χ0n) is 13.5. The summed E-state index contributed by atoms with van der Waals surface area (Å²) in [5.74, 6) is 0.845. The Morgan fingerprint density at radius 3 is 2.80 bits per heavy atom. The number of nitrogens with zero attached hydrogens (tertiary/aromatic N) is 4. The number of anilines is 1. The van der Waals surface area contributed by atoms with Gasteiger partial charge in [-0.15, -0.1) is 0 Å². The minimum Gasteiger partial charge on any atom is -0.334 e. The average Bonchev–Trinajstić information content (AvgIpc) is 3.23. The highest BCUT2D eigenvalue weighted by molar-refractivity contribution is 6.34. The number of aryl methyl sites for hydroxylation is 1. The normalized spacial score (nSPS) is 17.3. The van der Waals surface area contributed by atoms with Crippen molar-refractivity contribution in [2.45, 2.75) is 19.3 Å². The van der Waals surface area contributed by atoms with E-state index < -0.39 is 0 Å². The molecule has 3 heterocycles. The van der Waals surface area contributed by atoms with Gasteiger partial charge in [-0.05, 0) is 36.8 Å². The van der Waals surface area contributed by atoms with Gasteiger partial charge in [-0.3, -0.25) is 9.78 Å². The molecule has 2 aromatic heterocycles. The van der Waals surface area contributed by atoms with Crippen molar-refractivity contribution in [1.29, 1.82) is 0 Å². The topological polar surface area (TPSA) is 72.1 Å². The van der Waals surface area contributed by atoms with Crippen LogP contribution >= 0.6 is 11.6 Å². The number of carbonyl (C=O) groups excluding carboxylic acids is 1. The van der Waals surface area contributed by atoms with Crippen molar-refractivity contribution in [3.63, 3.8) is 0 Å². The molecule has 0 saturated carbocycles. The quantitative estimate of drug-likeness (QED) is 0.718. The highest BCUT2D eigenvalue weighted by atomic mass is 35.5. The Balaban J connectivity index is 1.57. The summed E-state index contributed by atoms with van der Waals surface area (Å²) in [4.78, 5) is 22.5. The van der Waals surface area contributed by atoms with Crippen LogP contribution in [0.25, 0.3) is 11.5 Å². The van der Waals surface area contributed by atoms with Gasteiger partial charge in [-0.2, -0.15) is 4.98 Å². The summed E-state index contributed by atoms with van der Waals surface area (Å²) >= 11 is 6.30. The van der Waals surface area contributed by atoms with Crippen molar-refractivity contribution in [3.8, 4) is 11.5 Å². The van der Waals surface area contributed by atoms with Gasteiger partial charge >= 0.3 is 0 Å². The van der Waals surface area contributed by atoms with Crippen LogP contribution in [0.5, 0.6) is 0 Å². The number of hydrogen-bond donors (Lipinski definition) is 0. The van der Waals surface area contributed by atoms with E-state index in [1.165, 1.54) is 0 Å². The summed E-state index contributed by atoms with van der Waals surface area (Å²) in [6, 6.07) is 9.27. The first kappa shape index (κ1) is 15.8. The molecule has 0 N–H and O–H groups in total. The maximum Gasteiger partial charge on any atom is 0.258 e. The monoisotopic (exact) mass is 354 g/mol. The van der Waals surface area contributed by atoms with Crippen LogP contribution in [0.2, 0.25) is 5.02 Å². The Hall–Kier alpha value is -2.73. The van der Waals surface area contributed by atoms with Crippen molar-refractivity contribution in [1.82, 2.24) is 15.1 Å². The second-order valence-electron chi connectivity index (χ2n) is 6.05. The number of rotatable bonds is 3. The molecule has 1 unspecified atom stereocenters. The van der Waals surface area contributed by atoms with Gasteiger partial charge in [0.05, 0.1) is 10.7 Å². The Kier molecular flexibility index (Phi) is 3.97. The van der Waals surface area contributed by atoms with Gasteiger partial charge in [0.1, 0.15) is 0 Å². The molecule has 1 saturated heterocycles. The van der Waals surface area contributed by atoms with Gasteiger partial charge in [0.25, 0.3) is 5.89 Å². The summed E-state index contributed by atoms with van der Waals surface area (Å²) in [6.45, 7) is 2.45. The fourth-order valence-corrected chi connectivity index (χ4v) is 3.29. The predicted molar refractivity (Wildman–Crippen MR) is 93.4 cm³/mol. The molecule has 0 radical (unpaired) electrons. The van der Waals surface area contributed by atoms with Crippen LogP contribution in [0.4, 0.5) is 5.69 Å². The molecule has 1 aromatic carbocycles. The number of aromatic nitrogens is 3. The number of hydrogen-bond acceptors (Lipinski definition) is 5. The van der Waals surface area contributed by atoms with Crippen molar-refractivity contribution in [3.05, 3.63) is 59.1 Å². The minimum atomic E-state index is -0.121. The van der Waals surface area contributed by atoms with Crippen molar-refractivity contribution < 1.29 is 9.32 Å². The second kappa shape index (κ2) is 6.29. The fourth-order valence-electron chi connectivity index (χ4n) is 2.96. The molecule has 0 aliphatic carbocycles. The van der Waals surface area contributed by atoms with Gasteiger partial charge in [0.15, 0.2) is 5.82 Å². The van der Waals surface area contributed by atoms with E-state index in [9.17, 15) is 4.79 Å². The van der Waals surface area contributed by atoms with Gasteiger partial charge in [-0.1, -0.05) is 22.8 Å². The lowest BCUT2D eigenvalue weighted by molar-refractivity contribution is -0.117. The van der Waals surface area contributed by atoms with Crippen LogP contribution < -0.4 is 4.90 Å². The predicted octanol–water partition coefficient (Wildman–Crippen LogP) is 3.61. The fraction of sp³-hybridized carbons (Fsp3) is 0.222. The molecule has 1 fully saturated rings. The van der Waals surface area contributed by atoms with E-state index in [1.54, 1.807) is 29.4 Å². The molecule has 3 aromatic rings. The molecule has 1 amide bonds. The number of benzene rings is 1. The van der Waals surface area contributed by atoms with Gasteiger partial charge in [0, 0.05) is 36.8 Å². The maximum absolute atomic E-state index is 12.4. The summed E-state index contributed by atoms with van der Waals surface area (Å²) in [6.07, 6.45) is 3.67. The summed E-state index contributed by atoms with van der Waals surface area (Å²) in [5, 5.41) is 4.62. The molecule has 0 bridgehead atoms. The smallest absolute Gasteiger partial charge is 0.258 e. The summed E-state index contributed by atoms with van der Waals surface area (Å²) in [5.41, 5.74) is 2.58. The molecular formula is C18H15ClN4O2. The lowest BCUT2D eigenvalue weighted by Crippen LogP contribution is -2.24. The molecule has 126 valence electrons. The third-order valence-corrected chi connectivity index (χ3v) is 4.56. The summed E-state index contributed by atoms with van der Waals surface area (Å²) in [7, 11) is 0. The lowest BCUT2D eigenvalue weighted by atomic mass is 10.1. The van der Waals surface area contributed by atoms with Crippen LogP contribution in [0.15, 0.2) is 47.2 Å². The zero-order valence-corrected chi connectivity index (χ0v) is 14.3. The van der Waals surface area contributed by atoms with E-state index in [0.29, 0.717) is 29.7 Å². The standard InChI is InChI=1S/C18H15ClN4O2/c1-11-2-3-15(14(19)8-11)23-10-13(9-16(23)24)17-21-18(25-22-17)12-4-6-20-7-5-12/h2-8,13H,9-10H2,1H3. The van der Waals surface area contributed by atoms with E-state index >= 15 is 0 Å².